The Morgan fingerprint density at radius 2 is 0.672 bits per heavy atom. The molecule has 0 radical (unpaired) electrons. The minimum atomic E-state index is 0.0924. The van der Waals surface area contributed by atoms with Crippen LogP contribution in [-0.4, -0.2) is 50.2 Å². The standard InChI is InChI=1S/C58H58N6/c1-34(62-40(7)53-31-59-56-47(37(53)4)25-22-44-16-10-13-19-50(44)56)28-43(29-35(2)63-41(8)54-32-60-57-48(38(54)5)26-23-45-17-11-14-20-51(45)57)30-36(3)64-42(9)55-33-61-58-49(39(55)6)27-24-46-18-12-15-21-52(46)58/h10-27,31-36,43H,28-30H2,1-9H3/b62-40-,63-41-,64-42-. The van der Waals surface area contributed by atoms with Crippen molar-refractivity contribution in [2.24, 2.45) is 20.9 Å². The molecule has 6 heteroatoms. The fourth-order valence-electron chi connectivity index (χ4n) is 10.4. The first kappa shape index (κ1) is 42.6. The van der Waals surface area contributed by atoms with E-state index in [1.54, 1.807) is 0 Å². The number of aromatic nitrogens is 3. The SMILES string of the molecule is C/C(=N/C(C)CC(CC(C)/N=C(/C)c1cnc2c(ccc3ccccc32)c1C)CC(C)/N=C(/C)c1cnc2c(ccc3ccccc32)c1C)c1cnc2c(ccc3ccccc32)c1C. The van der Waals surface area contributed by atoms with Crippen LogP contribution in [0.5, 0.6) is 0 Å². The summed E-state index contributed by atoms with van der Waals surface area (Å²) in [5.41, 5.74) is 13.2. The summed E-state index contributed by atoms with van der Waals surface area (Å²) < 4.78 is 0. The van der Waals surface area contributed by atoms with Gasteiger partial charge in [0.2, 0.25) is 0 Å². The maximum absolute atomic E-state index is 5.36. The average Bonchev–Trinajstić information content (AvgIpc) is 3.28. The molecular formula is C58H58N6. The first-order valence-electron chi connectivity index (χ1n) is 22.9. The summed E-state index contributed by atoms with van der Waals surface area (Å²) in [6.07, 6.45) is 8.83. The molecule has 9 rings (SSSR count). The third-order valence-electron chi connectivity index (χ3n) is 13.5. The second-order valence-electron chi connectivity index (χ2n) is 18.2. The molecule has 0 saturated carbocycles. The molecule has 6 nitrogen and oxygen atoms in total. The first-order valence-corrected chi connectivity index (χ1v) is 22.9. The average molecular weight is 839 g/mol. The van der Waals surface area contributed by atoms with Crippen LogP contribution in [0.3, 0.4) is 0 Å². The number of rotatable bonds is 12. The van der Waals surface area contributed by atoms with Crippen LogP contribution in [0.2, 0.25) is 0 Å². The number of pyridine rings is 3. The van der Waals surface area contributed by atoms with E-state index >= 15 is 0 Å². The lowest BCUT2D eigenvalue weighted by Gasteiger charge is -2.24. The van der Waals surface area contributed by atoms with Crippen LogP contribution in [0, 0.1) is 26.7 Å². The Kier molecular flexibility index (Phi) is 11.9. The van der Waals surface area contributed by atoms with E-state index < -0.39 is 0 Å². The zero-order valence-electron chi connectivity index (χ0n) is 38.7. The molecule has 320 valence electrons. The van der Waals surface area contributed by atoms with E-state index in [-0.39, 0.29) is 18.1 Å². The van der Waals surface area contributed by atoms with E-state index in [1.165, 1.54) is 65.2 Å². The highest BCUT2D eigenvalue weighted by molar-refractivity contribution is 6.12. The fraction of sp³-hybridized carbons (Fsp3) is 0.276. The third-order valence-corrected chi connectivity index (χ3v) is 13.5. The van der Waals surface area contributed by atoms with E-state index in [0.717, 1.165) is 69.6 Å². The summed E-state index contributed by atoms with van der Waals surface area (Å²) in [4.78, 5) is 31.1. The number of aliphatic imine (C=N–C) groups is 3. The molecule has 0 aliphatic rings. The van der Waals surface area contributed by atoms with Gasteiger partial charge in [-0.15, -0.1) is 0 Å². The van der Waals surface area contributed by atoms with E-state index in [1.807, 2.05) is 18.6 Å². The van der Waals surface area contributed by atoms with Crippen LogP contribution in [0.1, 0.15) is 94.2 Å². The van der Waals surface area contributed by atoms with E-state index in [4.69, 9.17) is 29.9 Å². The molecule has 3 heterocycles. The lowest BCUT2D eigenvalue weighted by molar-refractivity contribution is 0.351. The Hall–Kier alpha value is -6.66. The highest BCUT2D eigenvalue weighted by Crippen LogP contribution is 2.32. The number of nitrogens with zero attached hydrogens (tertiary/aromatic N) is 6. The molecule has 0 amide bonds. The van der Waals surface area contributed by atoms with Gasteiger partial charge in [-0.05, 0) is 120 Å². The predicted molar refractivity (Wildman–Crippen MR) is 274 cm³/mol. The normalized spacial score (nSPS) is 14.9. The lowest BCUT2D eigenvalue weighted by atomic mass is 9.88. The summed E-state index contributed by atoms with van der Waals surface area (Å²) >= 11 is 0. The molecule has 0 N–H and O–H groups in total. The highest BCUT2D eigenvalue weighted by atomic mass is 14.8. The largest absolute Gasteiger partial charge is 0.286 e. The van der Waals surface area contributed by atoms with Gasteiger partial charge in [-0.2, -0.15) is 0 Å². The first-order chi connectivity index (χ1) is 30.9. The molecule has 0 saturated heterocycles. The van der Waals surface area contributed by atoms with Gasteiger partial charge >= 0.3 is 0 Å². The quantitative estimate of drug-likeness (QED) is 0.0908. The van der Waals surface area contributed by atoms with Gasteiger partial charge in [0.05, 0.1) is 16.6 Å². The Labute approximate surface area is 377 Å². The summed E-state index contributed by atoms with van der Waals surface area (Å²) in [5, 5.41) is 10.7. The van der Waals surface area contributed by atoms with Crippen LogP contribution in [0.25, 0.3) is 65.0 Å². The highest BCUT2D eigenvalue weighted by Gasteiger charge is 2.22. The number of fused-ring (bicyclic) bond motifs is 9. The summed E-state index contributed by atoms with van der Waals surface area (Å²) in [7, 11) is 0. The van der Waals surface area contributed by atoms with E-state index in [9.17, 15) is 0 Å². The van der Waals surface area contributed by atoms with Crippen LogP contribution < -0.4 is 0 Å². The van der Waals surface area contributed by atoms with Gasteiger partial charge in [-0.25, -0.2) is 0 Å². The van der Waals surface area contributed by atoms with Crippen molar-refractivity contribution in [3.8, 4) is 0 Å². The fourth-order valence-corrected chi connectivity index (χ4v) is 10.4. The van der Waals surface area contributed by atoms with Crippen LogP contribution in [-0.2, 0) is 0 Å². The van der Waals surface area contributed by atoms with Crippen molar-refractivity contribution in [3.63, 3.8) is 0 Å². The smallest absolute Gasteiger partial charge is 0.0783 e. The summed E-state index contributed by atoms with van der Waals surface area (Å²) in [6.45, 7) is 19.8. The molecule has 6 aromatic carbocycles. The van der Waals surface area contributed by atoms with Gasteiger partial charge < -0.3 is 0 Å². The molecule has 3 atom stereocenters. The number of benzene rings is 6. The predicted octanol–water partition coefficient (Wildman–Crippen LogP) is 14.5. The zero-order valence-corrected chi connectivity index (χ0v) is 38.7. The molecule has 3 aromatic heterocycles. The second kappa shape index (κ2) is 17.8. The van der Waals surface area contributed by atoms with Gasteiger partial charge in [0.25, 0.3) is 0 Å². The second-order valence-corrected chi connectivity index (χ2v) is 18.2. The van der Waals surface area contributed by atoms with Gasteiger partial charge in [-0.1, -0.05) is 109 Å². The van der Waals surface area contributed by atoms with Crippen LogP contribution >= 0.6 is 0 Å². The van der Waals surface area contributed by atoms with Gasteiger partial charge in [0, 0.05) is 103 Å². The van der Waals surface area contributed by atoms with Crippen LogP contribution in [0.15, 0.2) is 143 Å². The van der Waals surface area contributed by atoms with Gasteiger partial charge in [-0.3, -0.25) is 29.9 Å². The summed E-state index contributed by atoms with van der Waals surface area (Å²) in [5.74, 6) is 0.330. The maximum atomic E-state index is 5.36. The molecule has 0 aliphatic carbocycles. The van der Waals surface area contributed by atoms with Crippen molar-refractivity contribution in [3.05, 3.63) is 161 Å². The van der Waals surface area contributed by atoms with Gasteiger partial charge in [0.1, 0.15) is 0 Å². The van der Waals surface area contributed by atoms with E-state index in [2.05, 4.69) is 172 Å². The van der Waals surface area contributed by atoms with Gasteiger partial charge in [0.15, 0.2) is 0 Å². The number of hydrogen-bond acceptors (Lipinski definition) is 6. The van der Waals surface area contributed by atoms with Crippen molar-refractivity contribution in [2.45, 2.75) is 99.7 Å². The van der Waals surface area contributed by atoms with Crippen molar-refractivity contribution >= 4 is 82.2 Å². The molecule has 9 aromatic rings. The van der Waals surface area contributed by atoms with Crippen molar-refractivity contribution in [1.82, 2.24) is 15.0 Å². The van der Waals surface area contributed by atoms with Crippen molar-refractivity contribution in [1.29, 1.82) is 0 Å². The van der Waals surface area contributed by atoms with Crippen molar-refractivity contribution in [2.75, 3.05) is 0 Å². The third kappa shape index (κ3) is 8.30. The topological polar surface area (TPSA) is 75.8 Å². The molecule has 0 spiro atoms. The summed E-state index contributed by atoms with van der Waals surface area (Å²) in [6, 6.07) is 38.9. The van der Waals surface area contributed by atoms with E-state index in [0.29, 0.717) is 5.92 Å². The number of aryl methyl sites for hydroxylation is 3. The van der Waals surface area contributed by atoms with Crippen molar-refractivity contribution < 1.29 is 0 Å². The van der Waals surface area contributed by atoms with Crippen LogP contribution in [0.4, 0.5) is 0 Å². The molecule has 0 aliphatic heterocycles. The molecule has 64 heavy (non-hydrogen) atoms. The Bertz CT molecular complexity index is 2990. The molecular weight excluding hydrogens is 781 g/mol. The Morgan fingerprint density at radius 1 is 0.391 bits per heavy atom. The zero-order chi connectivity index (χ0) is 44.6. The molecule has 0 bridgehead atoms. The lowest BCUT2D eigenvalue weighted by Crippen LogP contribution is -2.20. The monoisotopic (exact) mass is 838 g/mol. The minimum Gasteiger partial charge on any atom is -0.286 e. The number of hydrogen-bond donors (Lipinski definition) is 0. The minimum absolute atomic E-state index is 0.0924. The maximum Gasteiger partial charge on any atom is 0.0783 e. The Morgan fingerprint density at radius 3 is 0.969 bits per heavy atom. The molecule has 0 fully saturated rings. The molecule has 3 unspecified atom stereocenters. The Balaban J connectivity index is 0.993.